The molecule has 0 aromatic heterocycles. The van der Waals surface area contributed by atoms with E-state index < -0.39 is 12.0 Å². The molecule has 0 bridgehead atoms. The lowest BCUT2D eigenvalue weighted by Crippen LogP contribution is -2.41. The van der Waals surface area contributed by atoms with Crippen LogP contribution in [0.2, 0.25) is 0 Å². The van der Waals surface area contributed by atoms with Gasteiger partial charge in [-0.05, 0) is 88.0 Å². The number of aliphatic carboxylic acids is 1. The Labute approximate surface area is 222 Å². The Morgan fingerprint density at radius 2 is 1.75 bits per heavy atom. The third kappa shape index (κ3) is 9.98. The maximum Gasteiger partial charge on any atom is 0.326 e. The number of carboxylic acids is 1. The number of thioether (sulfide) groups is 1. The molecule has 5 nitrogen and oxygen atoms in total. The van der Waals surface area contributed by atoms with E-state index in [-0.39, 0.29) is 5.91 Å². The summed E-state index contributed by atoms with van der Waals surface area (Å²) in [4.78, 5) is 26.5. The van der Waals surface area contributed by atoms with Gasteiger partial charge in [-0.15, -0.1) is 0 Å². The fourth-order valence-electron chi connectivity index (χ4n) is 4.60. The topological polar surface area (TPSA) is 69.6 Å². The number of rotatable bonds is 10. The van der Waals surface area contributed by atoms with Crippen molar-refractivity contribution >= 4 is 23.6 Å². The molecule has 198 valence electrons. The Kier molecular flexibility index (Phi) is 13.1. The number of carbonyl (C=O) groups excluding carboxylic acids is 1. The van der Waals surface area contributed by atoms with Gasteiger partial charge in [0.1, 0.15) is 6.04 Å². The maximum atomic E-state index is 12.8. The summed E-state index contributed by atoms with van der Waals surface area (Å²) in [5.74, 6) is 0.361. The van der Waals surface area contributed by atoms with Crippen molar-refractivity contribution in [3.63, 3.8) is 0 Å². The SMILES string of the molecule is CN(C)CCC1CCCCC1.CSCCC(NC(=O)c1ccc(C)cc1-c1ccccc1C)C(=O)O. The van der Waals surface area contributed by atoms with Crippen LogP contribution in [0.1, 0.15) is 66.4 Å². The van der Waals surface area contributed by atoms with Gasteiger partial charge in [-0.25, -0.2) is 4.79 Å². The van der Waals surface area contributed by atoms with Gasteiger partial charge in [0, 0.05) is 5.56 Å². The molecular formula is C30H44N2O3S. The second kappa shape index (κ2) is 15.7. The molecule has 2 aromatic carbocycles. The van der Waals surface area contributed by atoms with Gasteiger partial charge in [-0.1, -0.05) is 74.1 Å². The molecule has 2 aromatic rings. The van der Waals surface area contributed by atoms with E-state index in [2.05, 4.69) is 24.3 Å². The normalized spacial score (nSPS) is 14.6. The predicted octanol–water partition coefficient (Wildman–Crippen LogP) is 6.42. The van der Waals surface area contributed by atoms with Crippen molar-refractivity contribution < 1.29 is 14.7 Å². The zero-order chi connectivity index (χ0) is 26.5. The number of hydrogen-bond acceptors (Lipinski definition) is 4. The van der Waals surface area contributed by atoms with Crippen molar-refractivity contribution in [3.8, 4) is 11.1 Å². The highest BCUT2D eigenvalue weighted by Gasteiger charge is 2.22. The third-order valence-corrected chi connectivity index (χ3v) is 7.42. The summed E-state index contributed by atoms with van der Waals surface area (Å²) in [5, 5.41) is 12.0. The summed E-state index contributed by atoms with van der Waals surface area (Å²) in [6.07, 6.45) is 11.2. The van der Waals surface area contributed by atoms with Crippen LogP contribution in [-0.4, -0.2) is 60.6 Å². The zero-order valence-corrected chi connectivity index (χ0v) is 23.5. The predicted molar refractivity (Wildman–Crippen MR) is 153 cm³/mol. The van der Waals surface area contributed by atoms with E-state index >= 15 is 0 Å². The number of nitrogens with zero attached hydrogens (tertiary/aromatic N) is 1. The Bertz CT molecular complexity index is 970. The minimum absolute atomic E-state index is 0.355. The molecule has 1 atom stereocenters. The Hall–Kier alpha value is -2.31. The molecule has 1 saturated carbocycles. The van der Waals surface area contributed by atoms with E-state index in [1.165, 1.54) is 45.1 Å². The minimum Gasteiger partial charge on any atom is -0.480 e. The van der Waals surface area contributed by atoms with Crippen LogP contribution in [0.3, 0.4) is 0 Å². The molecule has 1 fully saturated rings. The van der Waals surface area contributed by atoms with E-state index in [1.807, 2.05) is 56.5 Å². The maximum absolute atomic E-state index is 12.8. The number of aryl methyl sites for hydroxylation is 2. The van der Waals surface area contributed by atoms with Gasteiger partial charge < -0.3 is 15.3 Å². The van der Waals surface area contributed by atoms with E-state index in [9.17, 15) is 14.7 Å². The molecule has 0 saturated heterocycles. The lowest BCUT2D eigenvalue weighted by molar-refractivity contribution is -0.139. The standard InChI is InChI=1S/C20H23NO3S.C10H21N/c1-13-8-9-16(17(12-13)15-7-5-4-6-14(15)2)19(22)21-18(20(23)24)10-11-25-3;1-11(2)9-8-10-6-4-3-5-7-10/h4-9,12,18H,10-11H2,1-3H3,(H,21,22)(H,23,24);10H,3-9H2,1-2H3. The van der Waals surface area contributed by atoms with Crippen molar-refractivity contribution in [2.45, 2.75) is 64.8 Å². The highest BCUT2D eigenvalue weighted by atomic mass is 32.2. The van der Waals surface area contributed by atoms with Crippen molar-refractivity contribution in [3.05, 3.63) is 59.2 Å². The average Bonchev–Trinajstić information content (AvgIpc) is 2.86. The number of benzene rings is 2. The van der Waals surface area contributed by atoms with Crippen LogP contribution in [-0.2, 0) is 4.79 Å². The van der Waals surface area contributed by atoms with Crippen molar-refractivity contribution in [1.29, 1.82) is 0 Å². The van der Waals surface area contributed by atoms with Crippen LogP contribution in [0.15, 0.2) is 42.5 Å². The molecule has 1 unspecified atom stereocenters. The first-order chi connectivity index (χ1) is 17.2. The van der Waals surface area contributed by atoms with E-state index in [4.69, 9.17) is 0 Å². The monoisotopic (exact) mass is 512 g/mol. The van der Waals surface area contributed by atoms with Gasteiger partial charge in [0.05, 0.1) is 0 Å². The van der Waals surface area contributed by atoms with Crippen molar-refractivity contribution in [2.24, 2.45) is 5.92 Å². The molecule has 1 aliphatic rings. The molecule has 6 heteroatoms. The molecule has 2 N–H and O–H groups in total. The summed E-state index contributed by atoms with van der Waals surface area (Å²) in [6.45, 7) is 5.25. The molecule has 0 spiro atoms. The Morgan fingerprint density at radius 1 is 1.06 bits per heavy atom. The van der Waals surface area contributed by atoms with E-state index in [0.29, 0.717) is 17.7 Å². The second-order valence-electron chi connectivity index (χ2n) is 10.1. The second-order valence-corrected chi connectivity index (χ2v) is 11.1. The molecular weight excluding hydrogens is 468 g/mol. The number of nitrogens with one attached hydrogen (secondary N) is 1. The number of carbonyl (C=O) groups is 2. The van der Waals surface area contributed by atoms with E-state index in [0.717, 1.165) is 28.2 Å². The third-order valence-electron chi connectivity index (χ3n) is 6.78. The highest BCUT2D eigenvalue weighted by molar-refractivity contribution is 7.98. The summed E-state index contributed by atoms with van der Waals surface area (Å²) in [5.41, 5.74) is 4.42. The van der Waals surface area contributed by atoms with Gasteiger partial charge in [0.15, 0.2) is 0 Å². The van der Waals surface area contributed by atoms with Crippen LogP contribution in [0, 0.1) is 19.8 Å². The smallest absolute Gasteiger partial charge is 0.326 e. The van der Waals surface area contributed by atoms with E-state index in [1.54, 1.807) is 17.8 Å². The molecule has 1 aliphatic carbocycles. The number of amides is 1. The van der Waals surface area contributed by atoms with Crippen LogP contribution in [0.25, 0.3) is 11.1 Å². The fraction of sp³-hybridized carbons (Fsp3) is 0.533. The first-order valence-electron chi connectivity index (χ1n) is 13.1. The van der Waals surface area contributed by atoms with Crippen LogP contribution in [0.4, 0.5) is 0 Å². The molecule has 0 heterocycles. The largest absolute Gasteiger partial charge is 0.480 e. The molecule has 3 rings (SSSR count). The van der Waals surface area contributed by atoms with Crippen molar-refractivity contribution in [2.75, 3.05) is 32.6 Å². The lowest BCUT2D eigenvalue weighted by atomic mass is 9.87. The van der Waals surface area contributed by atoms with Crippen LogP contribution in [0.5, 0.6) is 0 Å². The number of hydrogen-bond donors (Lipinski definition) is 2. The molecule has 1 amide bonds. The van der Waals surface area contributed by atoms with Crippen LogP contribution >= 0.6 is 11.8 Å². The summed E-state index contributed by atoms with van der Waals surface area (Å²) >= 11 is 1.56. The molecule has 36 heavy (non-hydrogen) atoms. The van der Waals surface area contributed by atoms with Gasteiger partial charge in [0.25, 0.3) is 5.91 Å². The summed E-state index contributed by atoms with van der Waals surface area (Å²) < 4.78 is 0. The highest BCUT2D eigenvalue weighted by Crippen LogP contribution is 2.28. The first-order valence-corrected chi connectivity index (χ1v) is 14.5. The van der Waals surface area contributed by atoms with Crippen molar-refractivity contribution in [1.82, 2.24) is 10.2 Å². The quantitative estimate of drug-likeness (QED) is 0.384. The van der Waals surface area contributed by atoms with Gasteiger partial charge >= 0.3 is 5.97 Å². The molecule has 0 aliphatic heterocycles. The lowest BCUT2D eigenvalue weighted by Gasteiger charge is -2.22. The first kappa shape index (κ1) is 29.9. The van der Waals surface area contributed by atoms with Crippen LogP contribution < -0.4 is 5.32 Å². The fourth-order valence-corrected chi connectivity index (χ4v) is 5.07. The summed E-state index contributed by atoms with van der Waals surface area (Å²) in [7, 11) is 4.34. The minimum atomic E-state index is -1.01. The van der Waals surface area contributed by atoms with Gasteiger partial charge in [-0.2, -0.15) is 11.8 Å². The zero-order valence-electron chi connectivity index (χ0n) is 22.7. The van der Waals surface area contributed by atoms with Gasteiger partial charge in [-0.3, -0.25) is 4.79 Å². The summed E-state index contributed by atoms with van der Waals surface area (Å²) in [6, 6.07) is 12.6. The Balaban J connectivity index is 0.000000346. The molecule has 0 radical (unpaired) electrons. The number of carboxylic acid groups (broad SMARTS) is 1. The average molecular weight is 513 g/mol. The van der Waals surface area contributed by atoms with Gasteiger partial charge in [0.2, 0.25) is 0 Å². The Morgan fingerprint density at radius 3 is 2.36 bits per heavy atom.